The van der Waals surface area contributed by atoms with Crippen LogP contribution < -0.4 is 4.90 Å². The number of rotatable bonds is 2. The average molecular weight is 551 g/mol. The number of aliphatic hydroxyl groups excluding tert-OH is 1. The van der Waals surface area contributed by atoms with Crippen LogP contribution in [0.2, 0.25) is 0 Å². The van der Waals surface area contributed by atoms with Crippen LogP contribution in [0.5, 0.6) is 0 Å². The largest absolute Gasteiger partial charge is 0.512 e. The number of ketones is 1. The third-order valence-electron chi connectivity index (χ3n) is 4.05. The molecule has 2 heterocycles. The monoisotopic (exact) mass is 551 g/mol. The topological polar surface area (TPSA) is 66.3 Å². The van der Waals surface area contributed by atoms with Crippen molar-refractivity contribution in [1.29, 1.82) is 0 Å². The molecule has 1 aliphatic rings. The zero-order chi connectivity index (χ0) is 19.4. The number of nitrogens with zero attached hydrogens (tertiary/aromatic N) is 3. The first-order valence-electron chi connectivity index (χ1n) is 8.51. The molecule has 28 heavy (non-hydrogen) atoms. The molecule has 0 saturated carbocycles. The van der Waals surface area contributed by atoms with Crippen molar-refractivity contribution in [1.82, 2.24) is 9.97 Å². The van der Waals surface area contributed by atoms with Crippen molar-refractivity contribution in [2.45, 2.75) is 13.8 Å². The second kappa shape index (κ2) is 9.40. The second-order valence-corrected chi connectivity index (χ2v) is 6.20. The SMILES string of the molecule is CC(=O)/C=C(/C)O.CN1C(c2cnccn2)=[C-]c2cccc3cccc1c23.[Ir]. The van der Waals surface area contributed by atoms with Gasteiger partial charge in [0.2, 0.25) is 0 Å². The summed E-state index contributed by atoms with van der Waals surface area (Å²) in [5.74, 6) is -0.0625. The van der Waals surface area contributed by atoms with Gasteiger partial charge in [0.1, 0.15) is 0 Å². The van der Waals surface area contributed by atoms with Crippen molar-refractivity contribution in [3.8, 4) is 0 Å². The van der Waals surface area contributed by atoms with Crippen LogP contribution in [0.1, 0.15) is 25.1 Å². The quantitative estimate of drug-likeness (QED) is 0.293. The molecule has 1 aliphatic heterocycles. The minimum atomic E-state index is -0.125. The smallest absolute Gasteiger partial charge is 0.155 e. The molecule has 3 aromatic rings. The van der Waals surface area contributed by atoms with E-state index in [-0.39, 0.29) is 31.6 Å². The summed E-state index contributed by atoms with van der Waals surface area (Å²) in [6.45, 7) is 2.85. The van der Waals surface area contributed by atoms with Gasteiger partial charge in [-0.05, 0) is 25.6 Å². The number of hydrogen-bond acceptors (Lipinski definition) is 5. The predicted molar refractivity (Wildman–Crippen MR) is 107 cm³/mol. The Morgan fingerprint density at radius 3 is 2.43 bits per heavy atom. The number of aromatic nitrogens is 2. The molecular formula is C22H20IrN3O2-. The first kappa shape index (κ1) is 21.5. The normalized spacial score (nSPS) is 12.5. The number of aliphatic hydroxyl groups is 1. The van der Waals surface area contributed by atoms with Gasteiger partial charge in [0.25, 0.3) is 0 Å². The standard InChI is InChI=1S/C17H12N3.C5H8O2.Ir/c1-20-15-7-3-5-12-4-2-6-13(17(12)15)10-16(20)14-11-18-8-9-19-14;1-4(6)3-5(2)7;/h2-9,11H,1H3;3,6H,1-2H3;/q-1;;/b;4-3-;. The summed E-state index contributed by atoms with van der Waals surface area (Å²) in [5, 5.41) is 10.8. The predicted octanol–water partition coefficient (Wildman–Crippen LogP) is 4.31. The minimum absolute atomic E-state index is 0. The molecule has 0 aliphatic carbocycles. The Balaban J connectivity index is 0.000000306. The number of hydrogen-bond donors (Lipinski definition) is 1. The van der Waals surface area contributed by atoms with E-state index in [1.807, 2.05) is 7.05 Å². The number of benzene rings is 2. The molecule has 4 rings (SSSR count). The molecule has 1 radical (unpaired) electrons. The van der Waals surface area contributed by atoms with E-state index in [0.29, 0.717) is 0 Å². The van der Waals surface area contributed by atoms with Crippen LogP contribution in [-0.2, 0) is 24.9 Å². The maximum Gasteiger partial charge on any atom is 0.155 e. The molecule has 0 bridgehead atoms. The van der Waals surface area contributed by atoms with E-state index in [9.17, 15) is 4.79 Å². The zero-order valence-corrected chi connectivity index (χ0v) is 18.2. The summed E-state index contributed by atoms with van der Waals surface area (Å²) < 4.78 is 0. The van der Waals surface area contributed by atoms with E-state index in [4.69, 9.17) is 5.11 Å². The summed E-state index contributed by atoms with van der Waals surface area (Å²) >= 11 is 0. The summed E-state index contributed by atoms with van der Waals surface area (Å²) in [5.41, 5.74) is 4.07. The van der Waals surface area contributed by atoms with Crippen molar-refractivity contribution in [2.24, 2.45) is 0 Å². The Morgan fingerprint density at radius 1 is 1.14 bits per heavy atom. The maximum atomic E-state index is 10.0. The number of carbonyl (C=O) groups is 1. The molecule has 6 heteroatoms. The van der Waals surface area contributed by atoms with Crippen molar-refractivity contribution in [3.63, 3.8) is 0 Å². The Bertz CT molecular complexity index is 1040. The molecule has 1 aromatic heterocycles. The van der Waals surface area contributed by atoms with Crippen LogP contribution in [-0.4, -0.2) is 27.9 Å². The Labute approximate surface area is 177 Å². The van der Waals surface area contributed by atoms with Crippen molar-refractivity contribution < 1.29 is 30.0 Å². The van der Waals surface area contributed by atoms with Crippen molar-refractivity contribution in [3.05, 3.63) is 84.2 Å². The van der Waals surface area contributed by atoms with Gasteiger partial charge in [0.05, 0.1) is 5.76 Å². The summed E-state index contributed by atoms with van der Waals surface area (Å²) in [7, 11) is 2.04. The van der Waals surface area contributed by atoms with Crippen LogP contribution >= 0.6 is 0 Å². The van der Waals surface area contributed by atoms with E-state index < -0.39 is 0 Å². The van der Waals surface area contributed by atoms with Crippen LogP contribution in [0.15, 0.2) is 66.8 Å². The third kappa shape index (κ3) is 4.71. The molecule has 5 nitrogen and oxygen atoms in total. The van der Waals surface area contributed by atoms with Gasteiger partial charge in [0, 0.05) is 63.2 Å². The Morgan fingerprint density at radius 2 is 1.86 bits per heavy atom. The van der Waals surface area contributed by atoms with E-state index in [1.54, 1.807) is 18.6 Å². The average Bonchev–Trinajstić information content (AvgIpc) is 2.65. The molecule has 2 aromatic carbocycles. The fraction of sp³-hybridized carbons (Fsp3) is 0.136. The molecule has 0 saturated heterocycles. The number of allylic oxidation sites excluding steroid dienone is 2. The van der Waals surface area contributed by atoms with E-state index in [0.717, 1.165) is 17.0 Å². The Kier molecular flexibility index (Phi) is 7.21. The first-order valence-corrected chi connectivity index (χ1v) is 8.51. The number of anilines is 1. The fourth-order valence-corrected chi connectivity index (χ4v) is 2.99. The molecule has 145 valence electrons. The zero-order valence-electron chi connectivity index (χ0n) is 15.8. The number of carbonyl (C=O) groups excluding carboxylic acids is 1. The molecule has 1 N–H and O–H groups in total. The van der Waals surface area contributed by atoms with E-state index in [1.165, 1.54) is 36.4 Å². The van der Waals surface area contributed by atoms with E-state index >= 15 is 0 Å². The van der Waals surface area contributed by atoms with Crippen LogP contribution in [0.4, 0.5) is 5.69 Å². The maximum absolute atomic E-state index is 10.0. The third-order valence-corrected chi connectivity index (χ3v) is 4.05. The van der Waals surface area contributed by atoms with E-state index in [2.05, 4.69) is 57.3 Å². The van der Waals surface area contributed by atoms with Gasteiger partial charge >= 0.3 is 0 Å². The van der Waals surface area contributed by atoms with Gasteiger partial charge in [-0.1, -0.05) is 29.0 Å². The van der Waals surface area contributed by atoms with Crippen molar-refractivity contribution in [2.75, 3.05) is 11.9 Å². The summed E-state index contributed by atoms with van der Waals surface area (Å²) in [4.78, 5) is 20.7. The molecule has 0 fully saturated rings. The first-order chi connectivity index (χ1) is 13.0. The molecule has 0 unspecified atom stereocenters. The molecule has 0 atom stereocenters. The van der Waals surface area contributed by atoms with Gasteiger partial charge in [0.15, 0.2) is 5.78 Å². The van der Waals surface area contributed by atoms with Crippen LogP contribution in [0.25, 0.3) is 16.5 Å². The fourth-order valence-electron chi connectivity index (χ4n) is 2.99. The van der Waals surface area contributed by atoms with Gasteiger partial charge in [-0.3, -0.25) is 14.8 Å². The van der Waals surface area contributed by atoms with Crippen molar-refractivity contribution >= 4 is 27.9 Å². The van der Waals surface area contributed by atoms with Crippen LogP contribution in [0.3, 0.4) is 0 Å². The van der Waals surface area contributed by atoms with Crippen LogP contribution in [0, 0.1) is 6.08 Å². The molecular weight excluding hydrogens is 530 g/mol. The molecule has 0 amide bonds. The van der Waals surface area contributed by atoms with Gasteiger partial charge < -0.3 is 10.0 Å². The molecule has 0 spiro atoms. The van der Waals surface area contributed by atoms with Gasteiger partial charge in [-0.2, -0.15) is 0 Å². The summed E-state index contributed by atoms with van der Waals surface area (Å²) in [6.07, 6.45) is 9.79. The minimum Gasteiger partial charge on any atom is -0.512 e. The van der Waals surface area contributed by atoms with Gasteiger partial charge in [-0.15, -0.1) is 23.8 Å². The Hall–Kier alpha value is -2.82. The second-order valence-electron chi connectivity index (χ2n) is 6.20. The summed E-state index contributed by atoms with van der Waals surface area (Å²) in [6, 6.07) is 12.6. The van der Waals surface area contributed by atoms with Gasteiger partial charge in [-0.25, -0.2) is 0 Å².